The van der Waals surface area contributed by atoms with Gasteiger partial charge in [0, 0.05) is 7.11 Å². The van der Waals surface area contributed by atoms with Gasteiger partial charge in [0.1, 0.15) is 24.8 Å². The molecule has 3 aromatic rings. The highest BCUT2D eigenvalue weighted by Gasteiger charge is 2.13. The average molecular weight is 385 g/mol. The quantitative estimate of drug-likeness (QED) is 0.594. The molecule has 0 aliphatic carbocycles. The standard InChI is InChI=1S/C19H19N3O6/c1-25-12-22-10-14(9-20-22)21-18(23)17-8-7-16(28-17)11-27-15-5-3-13(4-6-15)19(24)26-2/h3-10H,11-12H2,1-2H3,(H,21,23). The molecule has 0 spiro atoms. The number of hydrogen-bond donors (Lipinski definition) is 1. The van der Waals surface area contributed by atoms with E-state index >= 15 is 0 Å². The van der Waals surface area contributed by atoms with Crippen molar-refractivity contribution in [3.63, 3.8) is 0 Å². The number of nitrogens with zero attached hydrogens (tertiary/aromatic N) is 2. The number of benzene rings is 1. The van der Waals surface area contributed by atoms with Crippen molar-refractivity contribution in [3.8, 4) is 5.75 Å². The van der Waals surface area contributed by atoms with Crippen LogP contribution in [0.1, 0.15) is 26.7 Å². The largest absolute Gasteiger partial charge is 0.486 e. The van der Waals surface area contributed by atoms with Crippen LogP contribution in [-0.4, -0.2) is 35.9 Å². The lowest BCUT2D eigenvalue weighted by atomic mass is 10.2. The highest BCUT2D eigenvalue weighted by molar-refractivity contribution is 6.02. The summed E-state index contributed by atoms with van der Waals surface area (Å²) < 4.78 is 22.2. The van der Waals surface area contributed by atoms with Crippen LogP contribution in [0.3, 0.4) is 0 Å². The summed E-state index contributed by atoms with van der Waals surface area (Å²) in [5.74, 6) is 0.378. The van der Waals surface area contributed by atoms with E-state index in [2.05, 4.69) is 15.2 Å². The Bertz CT molecular complexity index is 945. The minimum Gasteiger partial charge on any atom is -0.486 e. The fraction of sp³-hybridized carbons (Fsp3) is 0.211. The summed E-state index contributed by atoms with van der Waals surface area (Å²) in [6.07, 6.45) is 3.16. The van der Waals surface area contributed by atoms with E-state index in [1.165, 1.54) is 13.3 Å². The van der Waals surface area contributed by atoms with E-state index in [1.54, 1.807) is 54.4 Å². The molecule has 1 N–H and O–H groups in total. The third-order valence-corrected chi connectivity index (χ3v) is 3.69. The second-order valence-corrected chi connectivity index (χ2v) is 5.71. The smallest absolute Gasteiger partial charge is 0.337 e. The van der Waals surface area contributed by atoms with Crippen molar-refractivity contribution >= 4 is 17.6 Å². The predicted molar refractivity (Wildman–Crippen MR) is 98.0 cm³/mol. The SMILES string of the molecule is COCn1cc(NC(=O)c2ccc(COc3ccc(C(=O)OC)cc3)o2)cn1. The Morgan fingerprint density at radius 1 is 1.14 bits per heavy atom. The fourth-order valence-electron chi connectivity index (χ4n) is 2.36. The maximum Gasteiger partial charge on any atom is 0.337 e. The number of anilines is 1. The summed E-state index contributed by atoms with van der Waals surface area (Å²) >= 11 is 0. The van der Waals surface area contributed by atoms with E-state index in [0.29, 0.717) is 29.5 Å². The first kappa shape index (κ1) is 19.2. The number of carbonyl (C=O) groups is 2. The van der Waals surface area contributed by atoms with Crippen molar-refractivity contribution in [2.75, 3.05) is 19.5 Å². The van der Waals surface area contributed by atoms with E-state index in [4.69, 9.17) is 13.9 Å². The summed E-state index contributed by atoms with van der Waals surface area (Å²) in [4.78, 5) is 23.6. The molecule has 0 saturated heterocycles. The Balaban J connectivity index is 1.54. The number of rotatable bonds is 8. The van der Waals surface area contributed by atoms with Crippen LogP contribution in [0.15, 0.2) is 53.2 Å². The Morgan fingerprint density at radius 3 is 2.64 bits per heavy atom. The lowest BCUT2D eigenvalue weighted by molar-refractivity contribution is 0.0600. The van der Waals surface area contributed by atoms with Crippen molar-refractivity contribution in [1.29, 1.82) is 0 Å². The molecular formula is C19H19N3O6. The van der Waals surface area contributed by atoms with Gasteiger partial charge in [-0.2, -0.15) is 5.10 Å². The number of carbonyl (C=O) groups excluding carboxylic acids is 2. The highest BCUT2D eigenvalue weighted by atomic mass is 16.5. The number of aromatic nitrogens is 2. The lowest BCUT2D eigenvalue weighted by Gasteiger charge is -2.05. The van der Waals surface area contributed by atoms with Crippen LogP contribution in [0.5, 0.6) is 5.75 Å². The number of hydrogen-bond acceptors (Lipinski definition) is 7. The molecule has 0 aliphatic rings. The van der Waals surface area contributed by atoms with Gasteiger partial charge in [0.05, 0.1) is 30.8 Å². The molecule has 0 saturated carbocycles. The zero-order chi connectivity index (χ0) is 19.9. The summed E-state index contributed by atoms with van der Waals surface area (Å²) in [5.41, 5.74) is 0.961. The van der Waals surface area contributed by atoms with Crippen LogP contribution in [0, 0.1) is 0 Å². The van der Waals surface area contributed by atoms with Gasteiger partial charge in [-0.1, -0.05) is 0 Å². The van der Waals surface area contributed by atoms with Gasteiger partial charge < -0.3 is 23.9 Å². The number of amides is 1. The zero-order valence-corrected chi connectivity index (χ0v) is 15.4. The summed E-state index contributed by atoms with van der Waals surface area (Å²) in [6.45, 7) is 0.426. The lowest BCUT2D eigenvalue weighted by Crippen LogP contribution is -2.10. The van der Waals surface area contributed by atoms with Crippen molar-refractivity contribution in [2.24, 2.45) is 0 Å². The number of furan rings is 1. The van der Waals surface area contributed by atoms with Crippen molar-refractivity contribution in [2.45, 2.75) is 13.3 Å². The molecule has 0 unspecified atom stereocenters. The maximum atomic E-state index is 12.2. The summed E-state index contributed by atoms with van der Waals surface area (Å²) in [7, 11) is 2.88. The molecular weight excluding hydrogens is 366 g/mol. The average Bonchev–Trinajstić information content (AvgIpc) is 3.36. The van der Waals surface area contributed by atoms with Crippen LogP contribution in [0.25, 0.3) is 0 Å². The molecule has 9 nitrogen and oxygen atoms in total. The van der Waals surface area contributed by atoms with E-state index in [-0.39, 0.29) is 12.4 Å². The number of ether oxygens (including phenoxy) is 3. The molecule has 0 radical (unpaired) electrons. The molecule has 1 aromatic carbocycles. The predicted octanol–water partition coefficient (Wildman–Crippen LogP) is 2.70. The molecule has 9 heteroatoms. The second-order valence-electron chi connectivity index (χ2n) is 5.71. The van der Waals surface area contributed by atoms with Gasteiger partial charge in [-0.15, -0.1) is 0 Å². The number of nitrogens with one attached hydrogen (secondary N) is 1. The van der Waals surface area contributed by atoms with Crippen LogP contribution in [0.2, 0.25) is 0 Å². The third-order valence-electron chi connectivity index (χ3n) is 3.69. The Morgan fingerprint density at radius 2 is 1.93 bits per heavy atom. The van der Waals surface area contributed by atoms with Crippen molar-refractivity contribution in [1.82, 2.24) is 9.78 Å². The topological polar surface area (TPSA) is 105 Å². The zero-order valence-electron chi connectivity index (χ0n) is 15.4. The first-order chi connectivity index (χ1) is 13.6. The summed E-state index contributed by atoms with van der Waals surface area (Å²) in [6, 6.07) is 9.73. The Kier molecular flexibility index (Phi) is 6.07. The van der Waals surface area contributed by atoms with Crippen molar-refractivity contribution < 1.29 is 28.2 Å². The van der Waals surface area contributed by atoms with Crippen molar-refractivity contribution in [3.05, 3.63) is 65.9 Å². The van der Waals surface area contributed by atoms with Gasteiger partial charge in [-0.3, -0.25) is 4.79 Å². The molecule has 0 bridgehead atoms. The molecule has 3 rings (SSSR count). The number of esters is 1. The highest BCUT2D eigenvalue weighted by Crippen LogP contribution is 2.17. The first-order valence-electron chi connectivity index (χ1n) is 8.31. The van der Waals surface area contributed by atoms with Gasteiger partial charge in [-0.25, -0.2) is 9.48 Å². The molecule has 146 valence electrons. The number of methoxy groups -OCH3 is 2. The molecule has 1 amide bonds. The van der Waals surface area contributed by atoms with E-state index in [9.17, 15) is 9.59 Å². The molecule has 0 aliphatic heterocycles. The molecule has 2 heterocycles. The van der Waals surface area contributed by atoms with E-state index < -0.39 is 11.9 Å². The Labute approximate surface area is 160 Å². The Hall–Kier alpha value is -3.59. The second kappa shape index (κ2) is 8.87. The van der Waals surface area contributed by atoms with E-state index in [1.807, 2.05) is 0 Å². The molecule has 0 atom stereocenters. The minimum absolute atomic E-state index is 0.136. The van der Waals surface area contributed by atoms with Gasteiger partial charge in [0.15, 0.2) is 5.76 Å². The van der Waals surface area contributed by atoms with Crippen LogP contribution < -0.4 is 10.1 Å². The fourth-order valence-corrected chi connectivity index (χ4v) is 2.36. The van der Waals surface area contributed by atoms with E-state index in [0.717, 1.165) is 0 Å². The normalized spacial score (nSPS) is 10.5. The van der Waals surface area contributed by atoms with Crippen LogP contribution >= 0.6 is 0 Å². The molecule has 0 fully saturated rings. The minimum atomic E-state index is -0.416. The van der Waals surface area contributed by atoms with Gasteiger partial charge in [0.25, 0.3) is 5.91 Å². The van der Waals surface area contributed by atoms with Gasteiger partial charge in [0.2, 0.25) is 0 Å². The van der Waals surface area contributed by atoms with Gasteiger partial charge in [-0.05, 0) is 36.4 Å². The maximum absolute atomic E-state index is 12.2. The molecule has 2 aromatic heterocycles. The molecule has 28 heavy (non-hydrogen) atoms. The monoisotopic (exact) mass is 385 g/mol. The van der Waals surface area contributed by atoms with Gasteiger partial charge >= 0.3 is 5.97 Å². The van der Waals surface area contributed by atoms with Crippen LogP contribution in [0.4, 0.5) is 5.69 Å². The third kappa shape index (κ3) is 4.77. The van der Waals surface area contributed by atoms with Crippen LogP contribution in [-0.2, 0) is 22.8 Å². The first-order valence-corrected chi connectivity index (χ1v) is 8.31. The summed E-state index contributed by atoms with van der Waals surface area (Å²) in [5, 5.41) is 6.73.